The van der Waals surface area contributed by atoms with Crippen molar-refractivity contribution >= 4 is 39.9 Å². The molecule has 0 spiro atoms. The third-order valence-electron chi connectivity index (χ3n) is 3.88. The average Bonchev–Trinajstić information content (AvgIpc) is 2.88. The summed E-state index contributed by atoms with van der Waals surface area (Å²) in [5.74, 6) is 0. The molecule has 92 valence electrons. The zero-order valence-corrected chi connectivity index (χ0v) is 12.5. The maximum Gasteiger partial charge on any atom is 0.0638 e. The van der Waals surface area contributed by atoms with Crippen LogP contribution in [0.15, 0.2) is 18.2 Å². The predicted octanol–water partition coefficient (Wildman–Crippen LogP) is 3.59. The van der Waals surface area contributed by atoms with E-state index in [1.807, 2.05) is 12.1 Å². The molecule has 0 aliphatic carbocycles. The van der Waals surface area contributed by atoms with E-state index in [1.54, 1.807) is 0 Å². The molecule has 0 amide bonds. The van der Waals surface area contributed by atoms with Gasteiger partial charge >= 0.3 is 0 Å². The van der Waals surface area contributed by atoms with Gasteiger partial charge in [0, 0.05) is 22.2 Å². The van der Waals surface area contributed by atoms with Crippen LogP contribution in [0.25, 0.3) is 0 Å². The van der Waals surface area contributed by atoms with Gasteiger partial charge in [0.1, 0.15) is 0 Å². The monoisotopic (exact) mass is 362 g/mol. The fourth-order valence-electron chi connectivity index (χ4n) is 3.06. The highest BCUT2D eigenvalue weighted by molar-refractivity contribution is 14.1. The van der Waals surface area contributed by atoms with Crippen LogP contribution in [0.1, 0.15) is 19.3 Å². The van der Waals surface area contributed by atoms with Gasteiger partial charge in [-0.25, -0.2) is 0 Å². The number of anilines is 1. The SMILES string of the molecule is Clc1ccc(I)cc1NC1CCN2CCCC12. The third kappa shape index (κ3) is 2.42. The smallest absolute Gasteiger partial charge is 0.0638 e. The molecule has 1 aromatic carbocycles. The van der Waals surface area contributed by atoms with Crippen LogP contribution in [-0.4, -0.2) is 30.1 Å². The molecule has 0 aromatic heterocycles. The van der Waals surface area contributed by atoms with Crippen molar-refractivity contribution in [1.29, 1.82) is 0 Å². The quantitative estimate of drug-likeness (QED) is 0.809. The molecule has 2 unspecified atom stereocenters. The second-order valence-corrected chi connectivity index (χ2v) is 6.56. The second kappa shape index (κ2) is 4.94. The summed E-state index contributed by atoms with van der Waals surface area (Å²) in [5.41, 5.74) is 1.09. The molecule has 3 rings (SSSR count). The molecule has 2 aliphatic heterocycles. The van der Waals surface area contributed by atoms with Gasteiger partial charge in [0.2, 0.25) is 0 Å². The summed E-state index contributed by atoms with van der Waals surface area (Å²) < 4.78 is 1.23. The maximum atomic E-state index is 6.24. The van der Waals surface area contributed by atoms with Crippen LogP contribution in [0.3, 0.4) is 0 Å². The van der Waals surface area contributed by atoms with E-state index in [4.69, 9.17) is 11.6 Å². The molecule has 4 heteroatoms. The normalized spacial score (nSPS) is 28.4. The Morgan fingerprint density at radius 1 is 1.29 bits per heavy atom. The lowest BCUT2D eigenvalue weighted by molar-refractivity contribution is 0.318. The summed E-state index contributed by atoms with van der Waals surface area (Å²) >= 11 is 8.57. The Hall–Kier alpha value is -0.0000000000000000763. The summed E-state index contributed by atoms with van der Waals surface area (Å²) in [6.45, 7) is 2.52. The van der Waals surface area contributed by atoms with E-state index in [0.717, 1.165) is 16.8 Å². The number of rotatable bonds is 2. The minimum Gasteiger partial charge on any atom is -0.379 e. The van der Waals surface area contributed by atoms with Gasteiger partial charge in [-0.05, 0) is 66.6 Å². The van der Waals surface area contributed by atoms with Crippen LogP contribution in [0.4, 0.5) is 5.69 Å². The van der Waals surface area contributed by atoms with Crippen molar-refractivity contribution < 1.29 is 0 Å². The van der Waals surface area contributed by atoms with Crippen LogP contribution in [0.2, 0.25) is 5.02 Å². The molecule has 2 fully saturated rings. The first-order chi connectivity index (χ1) is 8.24. The van der Waals surface area contributed by atoms with Crippen LogP contribution in [0.5, 0.6) is 0 Å². The molecule has 0 bridgehead atoms. The fraction of sp³-hybridized carbons (Fsp3) is 0.538. The summed E-state index contributed by atoms with van der Waals surface area (Å²) in [4.78, 5) is 2.61. The van der Waals surface area contributed by atoms with Crippen molar-refractivity contribution in [3.63, 3.8) is 0 Å². The summed E-state index contributed by atoms with van der Waals surface area (Å²) in [6, 6.07) is 7.47. The van der Waals surface area contributed by atoms with Gasteiger partial charge in [-0.3, -0.25) is 4.90 Å². The van der Waals surface area contributed by atoms with Crippen molar-refractivity contribution in [3.8, 4) is 0 Å². The standard InChI is InChI=1S/C13H16ClIN2/c14-10-4-3-9(15)8-12(10)16-11-5-7-17-6-1-2-13(11)17/h3-4,8,11,13,16H,1-2,5-7H2. The number of hydrogen-bond acceptors (Lipinski definition) is 2. The van der Waals surface area contributed by atoms with Crippen molar-refractivity contribution in [1.82, 2.24) is 4.90 Å². The molecule has 2 atom stereocenters. The first kappa shape index (κ1) is 12.1. The zero-order valence-electron chi connectivity index (χ0n) is 9.63. The van der Waals surface area contributed by atoms with E-state index >= 15 is 0 Å². The van der Waals surface area contributed by atoms with Crippen molar-refractivity contribution in [3.05, 3.63) is 26.8 Å². The van der Waals surface area contributed by atoms with Crippen LogP contribution in [-0.2, 0) is 0 Å². The number of nitrogens with one attached hydrogen (secondary N) is 1. The van der Waals surface area contributed by atoms with E-state index in [0.29, 0.717) is 6.04 Å². The molecule has 2 saturated heterocycles. The fourth-order valence-corrected chi connectivity index (χ4v) is 3.72. The molecule has 0 radical (unpaired) electrons. The van der Waals surface area contributed by atoms with Crippen molar-refractivity contribution in [2.45, 2.75) is 31.3 Å². The summed E-state index contributed by atoms with van der Waals surface area (Å²) in [6.07, 6.45) is 3.93. The highest BCUT2D eigenvalue weighted by Gasteiger charge is 2.37. The highest BCUT2D eigenvalue weighted by atomic mass is 127. The van der Waals surface area contributed by atoms with Crippen LogP contribution < -0.4 is 5.32 Å². The lowest BCUT2D eigenvalue weighted by atomic mass is 10.1. The lowest BCUT2D eigenvalue weighted by Crippen LogP contribution is -2.33. The average molecular weight is 363 g/mol. The maximum absolute atomic E-state index is 6.24. The van der Waals surface area contributed by atoms with Crippen LogP contribution >= 0.6 is 34.2 Å². The lowest BCUT2D eigenvalue weighted by Gasteiger charge is -2.22. The number of nitrogens with zero attached hydrogens (tertiary/aromatic N) is 1. The van der Waals surface area contributed by atoms with Gasteiger partial charge in [-0.1, -0.05) is 11.6 Å². The molecular weight excluding hydrogens is 347 g/mol. The van der Waals surface area contributed by atoms with Gasteiger partial charge in [-0.15, -0.1) is 0 Å². The van der Waals surface area contributed by atoms with E-state index in [2.05, 4.69) is 38.9 Å². The van der Waals surface area contributed by atoms with Crippen molar-refractivity contribution in [2.75, 3.05) is 18.4 Å². The Bertz CT molecular complexity index is 424. The number of hydrogen-bond donors (Lipinski definition) is 1. The minimum atomic E-state index is 0.577. The van der Waals surface area contributed by atoms with E-state index in [-0.39, 0.29) is 0 Å². The van der Waals surface area contributed by atoms with E-state index in [1.165, 1.54) is 35.9 Å². The Kier molecular flexibility index (Phi) is 3.50. The molecular formula is C13H16ClIN2. The molecule has 1 aromatic rings. The number of fused-ring (bicyclic) bond motifs is 1. The Morgan fingerprint density at radius 3 is 3.06 bits per heavy atom. The summed E-state index contributed by atoms with van der Waals surface area (Å²) in [7, 11) is 0. The van der Waals surface area contributed by atoms with Gasteiger partial charge in [0.05, 0.1) is 10.7 Å². The molecule has 0 saturated carbocycles. The first-order valence-electron chi connectivity index (χ1n) is 6.20. The minimum absolute atomic E-state index is 0.577. The Balaban J connectivity index is 1.76. The largest absolute Gasteiger partial charge is 0.379 e. The topological polar surface area (TPSA) is 15.3 Å². The highest BCUT2D eigenvalue weighted by Crippen LogP contribution is 2.32. The van der Waals surface area contributed by atoms with Gasteiger partial charge < -0.3 is 5.32 Å². The predicted molar refractivity (Wildman–Crippen MR) is 80.8 cm³/mol. The first-order valence-corrected chi connectivity index (χ1v) is 7.65. The second-order valence-electron chi connectivity index (χ2n) is 4.91. The molecule has 1 N–H and O–H groups in total. The number of benzene rings is 1. The molecule has 2 aliphatic rings. The van der Waals surface area contributed by atoms with Gasteiger partial charge in [-0.2, -0.15) is 0 Å². The van der Waals surface area contributed by atoms with Crippen molar-refractivity contribution in [2.24, 2.45) is 0 Å². The van der Waals surface area contributed by atoms with Gasteiger partial charge in [0.15, 0.2) is 0 Å². The molecule has 17 heavy (non-hydrogen) atoms. The van der Waals surface area contributed by atoms with Gasteiger partial charge in [0.25, 0.3) is 0 Å². The molecule has 2 heterocycles. The number of halogens is 2. The zero-order chi connectivity index (χ0) is 11.8. The summed E-state index contributed by atoms with van der Waals surface area (Å²) in [5, 5.41) is 4.48. The van der Waals surface area contributed by atoms with E-state index < -0.39 is 0 Å². The van der Waals surface area contributed by atoms with Crippen LogP contribution in [0, 0.1) is 3.57 Å². The Labute approximate surface area is 121 Å². The van der Waals surface area contributed by atoms with E-state index in [9.17, 15) is 0 Å². The Morgan fingerprint density at radius 2 is 2.18 bits per heavy atom. The third-order valence-corrected chi connectivity index (χ3v) is 4.88. The molecule has 2 nitrogen and oxygen atoms in total.